The van der Waals surface area contributed by atoms with Gasteiger partial charge in [0.2, 0.25) is 0 Å². The van der Waals surface area contributed by atoms with E-state index in [0.717, 1.165) is 20.3 Å². The van der Waals surface area contributed by atoms with Gasteiger partial charge in [0.05, 0.1) is 5.56 Å². The van der Waals surface area contributed by atoms with E-state index in [2.05, 4.69) is 47.4 Å². The molecule has 1 heterocycles. The average Bonchev–Trinajstić information content (AvgIpc) is 3.04. The van der Waals surface area contributed by atoms with Gasteiger partial charge in [0, 0.05) is 20.3 Å². The SMILES string of the molecule is O=C(Nc1ccc(Br)cc1)c1cc(-n2cnnc2)ccc1Br. The van der Waals surface area contributed by atoms with Crippen molar-refractivity contribution in [2.24, 2.45) is 0 Å². The lowest BCUT2D eigenvalue weighted by molar-refractivity contribution is 0.102. The molecule has 0 unspecified atom stereocenters. The molecule has 2 aromatic carbocycles. The van der Waals surface area contributed by atoms with Crippen LogP contribution in [0.3, 0.4) is 0 Å². The molecule has 0 fully saturated rings. The van der Waals surface area contributed by atoms with Gasteiger partial charge in [0.25, 0.3) is 5.91 Å². The van der Waals surface area contributed by atoms with E-state index in [4.69, 9.17) is 0 Å². The summed E-state index contributed by atoms with van der Waals surface area (Å²) in [5.41, 5.74) is 2.08. The van der Waals surface area contributed by atoms with Gasteiger partial charge in [-0.25, -0.2) is 0 Å². The van der Waals surface area contributed by atoms with Crippen LogP contribution in [0.5, 0.6) is 0 Å². The predicted octanol–water partition coefficient (Wildman–Crippen LogP) is 4.04. The summed E-state index contributed by atoms with van der Waals surface area (Å²) < 4.78 is 3.42. The van der Waals surface area contributed by atoms with Gasteiger partial charge in [-0.15, -0.1) is 10.2 Å². The Morgan fingerprint density at radius 1 is 1.00 bits per heavy atom. The lowest BCUT2D eigenvalue weighted by Crippen LogP contribution is -2.13. The van der Waals surface area contributed by atoms with E-state index in [1.807, 2.05) is 36.4 Å². The van der Waals surface area contributed by atoms with Crippen molar-refractivity contribution in [1.82, 2.24) is 14.8 Å². The van der Waals surface area contributed by atoms with Crippen LogP contribution in [0, 0.1) is 0 Å². The number of amides is 1. The molecule has 1 amide bonds. The minimum Gasteiger partial charge on any atom is -0.322 e. The fourth-order valence-electron chi connectivity index (χ4n) is 1.91. The molecule has 0 aliphatic carbocycles. The highest BCUT2D eigenvalue weighted by Crippen LogP contribution is 2.22. The molecule has 0 saturated carbocycles. The van der Waals surface area contributed by atoms with E-state index in [9.17, 15) is 4.79 Å². The van der Waals surface area contributed by atoms with Crippen LogP contribution in [-0.4, -0.2) is 20.7 Å². The number of nitrogens with one attached hydrogen (secondary N) is 1. The summed E-state index contributed by atoms with van der Waals surface area (Å²) in [6.07, 6.45) is 3.17. The number of anilines is 1. The van der Waals surface area contributed by atoms with Gasteiger partial charge < -0.3 is 5.32 Å². The molecule has 3 rings (SSSR count). The second-order valence-electron chi connectivity index (χ2n) is 4.49. The molecule has 7 heteroatoms. The number of hydrogen-bond acceptors (Lipinski definition) is 3. The molecule has 5 nitrogen and oxygen atoms in total. The predicted molar refractivity (Wildman–Crippen MR) is 91.2 cm³/mol. The third-order valence-electron chi connectivity index (χ3n) is 3.01. The van der Waals surface area contributed by atoms with Crippen LogP contribution < -0.4 is 5.32 Å². The van der Waals surface area contributed by atoms with E-state index in [-0.39, 0.29) is 5.91 Å². The quantitative estimate of drug-likeness (QED) is 0.694. The molecular weight excluding hydrogens is 412 g/mol. The third-order valence-corrected chi connectivity index (χ3v) is 4.23. The zero-order chi connectivity index (χ0) is 15.5. The number of carbonyl (C=O) groups is 1. The molecule has 0 aliphatic heterocycles. The molecule has 0 aliphatic rings. The highest BCUT2D eigenvalue weighted by atomic mass is 79.9. The van der Waals surface area contributed by atoms with Crippen LogP contribution in [-0.2, 0) is 0 Å². The Morgan fingerprint density at radius 3 is 2.36 bits per heavy atom. The minimum atomic E-state index is -0.191. The van der Waals surface area contributed by atoms with Crippen molar-refractivity contribution in [2.45, 2.75) is 0 Å². The lowest BCUT2D eigenvalue weighted by atomic mass is 10.2. The summed E-state index contributed by atoms with van der Waals surface area (Å²) in [4.78, 5) is 12.4. The average molecular weight is 422 g/mol. The third kappa shape index (κ3) is 3.26. The maximum Gasteiger partial charge on any atom is 0.256 e. The standard InChI is InChI=1S/C15H10Br2N4O/c16-10-1-3-11(4-2-10)20-15(22)13-7-12(5-6-14(13)17)21-8-18-19-9-21/h1-9H,(H,20,22). The number of nitrogens with zero attached hydrogens (tertiary/aromatic N) is 3. The summed E-state index contributed by atoms with van der Waals surface area (Å²) in [5.74, 6) is -0.191. The summed E-state index contributed by atoms with van der Waals surface area (Å²) in [6, 6.07) is 12.9. The first-order valence-corrected chi connectivity index (χ1v) is 7.93. The Labute approximate surface area is 143 Å². The topological polar surface area (TPSA) is 59.8 Å². The summed E-state index contributed by atoms with van der Waals surface area (Å²) in [6.45, 7) is 0. The number of carbonyl (C=O) groups excluding carboxylic acids is 1. The normalized spacial score (nSPS) is 10.5. The maximum absolute atomic E-state index is 12.4. The van der Waals surface area contributed by atoms with E-state index >= 15 is 0 Å². The van der Waals surface area contributed by atoms with Gasteiger partial charge >= 0.3 is 0 Å². The van der Waals surface area contributed by atoms with Gasteiger partial charge in [-0.05, 0) is 58.4 Å². The van der Waals surface area contributed by atoms with Crippen LogP contribution >= 0.6 is 31.9 Å². The summed E-state index contributed by atoms with van der Waals surface area (Å²) in [7, 11) is 0. The van der Waals surface area contributed by atoms with Crippen LogP contribution in [0.2, 0.25) is 0 Å². The summed E-state index contributed by atoms with van der Waals surface area (Å²) in [5, 5.41) is 10.4. The zero-order valence-electron chi connectivity index (χ0n) is 11.2. The van der Waals surface area contributed by atoms with E-state index < -0.39 is 0 Å². The molecule has 0 bridgehead atoms. The summed E-state index contributed by atoms with van der Waals surface area (Å²) >= 11 is 6.78. The zero-order valence-corrected chi connectivity index (χ0v) is 14.4. The van der Waals surface area contributed by atoms with Crippen molar-refractivity contribution in [3.63, 3.8) is 0 Å². The number of aromatic nitrogens is 3. The highest BCUT2D eigenvalue weighted by molar-refractivity contribution is 9.10. The second kappa shape index (κ2) is 6.41. The number of rotatable bonds is 3. The highest BCUT2D eigenvalue weighted by Gasteiger charge is 2.12. The van der Waals surface area contributed by atoms with Crippen molar-refractivity contribution in [3.8, 4) is 5.69 Å². The Morgan fingerprint density at radius 2 is 1.68 bits per heavy atom. The largest absolute Gasteiger partial charge is 0.322 e. The molecule has 0 atom stereocenters. The lowest BCUT2D eigenvalue weighted by Gasteiger charge is -2.09. The number of benzene rings is 2. The second-order valence-corrected chi connectivity index (χ2v) is 6.26. The van der Waals surface area contributed by atoms with Crippen LogP contribution in [0.15, 0.2) is 64.1 Å². The number of halogens is 2. The van der Waals surface area contributed by atoms with Gasteiger partial charge in [0.15, 0.2) is 0 Å². The van der Waals surface area contributed by atoms with E-state index in [1.54, 1.807) is 23.3 Å². The van der Waals surface area contributed by atoms with Gasteiger partial charge in [-0.3, -0.25) is 9.36 Å². The molecule has 0 radical (unpaired) electrons. The van der Waals surface area contributed by atoms with E-state index in [0.29, 0.717) is 5.56 Å². The van der Waals surface area contributed by atoms with Gasteiger partial charge in [-0.1, -0.05) is 15.9 Å². The fraction of sp³-hybridized carbons (Fsp3) is 0. The molecule has 0 spiro atoms. The molecular formula is C15H10Br2N4O. The smallest absolute Gasteiger partial charge is 0.256 e. The maximum atomic E-state index is 12.4. The molecule has 1 aromatic heterocycles. The fourth-order valence-corrected chi connectivity index (χ4v) is 2.60. The van der Waals surface area contributed by atoms with Crippen molar-refractivity contribution in [1.29, 1.82) is 0 Å². The Kier molecular flexibility index (Phi) is 4.35. The molecule has 3 aromatic rings. The van der Waals surface area contributed by atoms with E-state index in [1.165, 1.54) is 0 Å². The Hall–Kier alpha value is -1.99. The molecule has 22 heavy (non-hydrogen) atoms. The Balaban J connectivity index is 1.88. The van der Waals surface area contributed by atoms with Crippen molar-refractivity contribution in [3.05, 3.63) is 69.6 Å². The van der Waals surface area contributed by atoms with Crippen LogP contribution in [0.4, 0.5) is 5.69 Å². The van der Waals surface area contributed by atoms with Crippen molar-refractivity contribution >= 4 is 43.5 Å². The van der Waals surface area contributed by atoms with Gasteiger partial charge in [-0.2, -0.15) is 0 Å². The van der Waals surface area contributed by atoms with Crippen LogP contribution in [0.25, 0.3) is 5.69 Å². The minimum absolute atomic E-state index is 0.191. The monoisotopic (exact) mass is 420 g/mol. The van der Waals surface area contributed by atoms with Crippen molar-refractivity contribution in [2.75, 3.05) is 5.32 Å². The first-order chi connectivity index (χ1) is 10.6. The van der Waals surface area contributed by atoms with Crippen molar-refractivity contribution < 1.29 is 4.79 Å². The molecule has 0 saturated heterocycles. The molecule has 110 valence electrons. The van der Waals surface area contributed by atoms with Gasteiger partial charge in [0.1, 0.15) is 12.7 Å². The number of hydrogen-bond donors (Lipinski definition) is 1. The first-order valence-electron chi connectivity index (χ1n) is 6.35. The Bertz CT molecular complexity index is 801. The molecule has 1 N–H and O–H groups in total. The first kappa shape index (κ1) is 14.9. The van der Waals surface area contributed by atoms with Crippen LogP contribution in [0.1, 0.15) is 10.4 Å².